The standard InChI is InChI=1S/C15H14N2O3S/c1-10-4-2-3-5-13(10)17-21(19,20)12-6-7-14-11(8-12)9-15(18)16-14/h2-8,17H,9H2,1H3,(H,16,18). The molecule has 0 aliphatic carbocycles. The van der Waals surface area contributed by atoms with E-state index in [2.05, 4.69) is 10.0 Å². The quantitative estimate of drug-likeness (QED) is 0.913. The predicted molar refractivity (Wildman–Crippen MR) is 80.8 cm³/mol. The van der Waals surface area contributed by atoms with E-state index >= 15 is 0 Å². The molecule has 5 nitrogen and oxygen atoms in total. The van der Waals surface area contributed by atoms with Crippen molar-refractivity contribution in [1.82, 2.24) is 0 Å². The SMILES string of the molecule is Cc1ccccc1NS(=O)(=O)c1ccc2c(c1)CC(=O)N2. The Morgan fingerprint density at radius 2 is 1.90 bits per heavy atom. The number of amides is 1. The first-order valence-electron chi connectivity index (χ1n) is 6.47. The summed E-state index contributed by atoms with van der Waals surface area (Å²) in [4.78, 5) is 11.5. The first-order chi connectivity index (χ1) is 9.95. The molecule has 1 heterocycles. The summed E-state index contributed by atoms with van der Waals surface area (Å²) in [5, 5.41) is 2.68. The molecule has 0 aromatic heterocycles. The van der Waals surface area contributed by atoms with E-state index in [1.165, 1.54) is 12.1 Å². The Morgan fingerprint density at radius 3 is 2.67 bits per heavy atom. The summed E-state index contributed by atoms with van der Waals surface area (Å²) < 4.78 is 27.4. The van der Waals surface area contributed by atoms with Crippen LogP contribution in [0.2, 0.25) is 0 Å². The number of anilines is 2. The Bertz CT molecular complexity index is 829. The summed E-state index contributed by atoms with van der Waals surface area (Å²) in [6, 6.07) is 11.8. The number of hydrogen-bond acceptors (Lipinski definition) is 3. The molecule has 108 valence electrons. The first-order valence-corrected chi connectivity index (χ1v) is 7.95. The van der Waals surface area contributed by atoms with Crippen molar-refractivity contribution in [2.75, 3.05) is 10.0 Å². The van der Waals surface area contributed by atoms with Crippen molar-refractivity contribution in [2.24, 2.45) is 0 Å². The zero-order valence-electron chi connectivity index (χ0n) is 11.4. The Balaban J connectivity index is 1.95. The minimum atomic E-state index is -3.66. The van der Waals surface area contributed by atoms with Gasteiger partial charge in [-0.05, 0) is 42.3 Å². The Morgan fingerprint density at radius 1 is 1.14 bits per heavy atom. The van der Waals surface area contributed by atoms with Crippen molar-refractivity contribution >= 4 is 27.3 Å². The lowest BCUT2D eigenvalue weighted by atomic mass is 10.2. The molecule has 0 atom stereocenters. The van der Waals surface area contributed by atoms with Gasteiger partial charge in [0.2, 0.25) is 5.91 Å². The molecule has 6 heteroatoms. The van der Waals surface area contributed by atoms with Gasteiger partial charge in [-0.15, -0.1) is 0 Å². The predicted octanol–water partition coefficient (Wildman–Crippen LogP) is 2.29. The summed E-state index contributed by atoms with van der Waals surface area (Å²) in [6.07, 6.45) is 0.211. The van der Waals surface area contributed by atoms with Gasteiger partial charge >= 0.3 is 0 Å². The first kappa shape index (κ1) is 13.6. The number of nitrogens with one attached hydrogen (secondary N) is 2. The van der Waals surface area contributed by atoms with Gasteiger partial charge in [0.05, 0.1) is 17.0 Å². The van der Waals surface area contributed by atoms with Crippen molar-refractivity contribution in [3.05, 3.63) is 53.6 Å². The van der Waals surface area contributed by atoms with E-state index in [-0.39, 0.29) is 17.2 Å². The number of fused-ring (bicyclic) bond motifs is 1. The maximum Gasteiger partial charge on any atom is 0.261 e. The zero-order valence-corrected chi connectivity index (χ0v) is 12.2. The molecular weight excluding hydrogens is 288 g/mol. The highest BCUT2D eigenvalue weighted by atomic mass is 32.2. The number of carbonyl (C=O) groups excluding carboxylic acids is 1. The second-order valence-corrected chi connectivity index (χ2v) is 6.65. The Kier molecular flexibility index (Phi) is 3.17. The molecule has 2 aromatic rings. The van der Waals surface area contributed by atoms with Crippen LogP contribution in [0.25, 0.3) is 0 Å². The van der Waals surface area contributed by atoms with E-state index in [0.717, 1.165) is 5.56 Å². The minimum Gasteiger partial charge on any atom is -0.326 e. The van der Waals surface area contributed by atoms with Crippen molar-refractivity contribution in [3.63, 3.8) is 0 Å². The summed E-state index contributed by atoms with van der Waals surface area (Å²) in [5.41, 5.74) is 2.77. The molecule has 2 N–H and O–H groups in total. The molecule has 3 rings (SSSR count). The lowest BCUT2D eigenvalue weighted by Gasteiger charge is -2.11. The van der Waals surface area contributed by atoms with Gasteiger partial charge in [0, 0.05) is 5.69 Å². The fraction of sp³-hybridized carbons (Fsp3) is 0.133. The van der Waals surface area contributed by atoms with Crippen LogP contribution < -0.4 is 10.0 Å². The second kappa shape index (κ2) is 4.89. The molecule has 0 spiro atoms. The molecule has 0 unspecified atom stereocenters. The fourth-order valence-corrected chi connectivity index (χ4v) is 3.44. The molecule has 0 radical (unpaired) electrons. The number of hydrogen-bond donors (Lipinski definition) is 2. The maximum absolute atomic E-state index is 12.4. The molecule has 2 aromatic carbocycles. The molecule has 0 fully saturated rings. The van der Waals surface area contributed by atoms with Crippen LogP contribution in [0.4, 0.5) is 11.4 Å². The highest BCUT2D eigenvalue weighted by molar-refractivity contribution is 7.92. The summed E-state index contributed by atoms with van der Waals surface area (Å²) in [5.74, 6) is -0.119. The minimum absolute atomic E-state index is 0.119. The van der Waals surface area contributed by atoms with E-state index in [0.29, 0.717) is 16.9 Å². The fourth-order valence-electron chi connectivity index (χ4n) is 2.26. The molecule has 21 heavy (non-hydrogen) atoms. The van der Waals surface area contributed by atoms with Gasteiger partial charge < -0.3 is 5.32 Å². The molecule has 0 bridgehead atoms. The average Bonchev–Trinajstić information content (AvgIpc) is 2.80. The molecule has 1 aliphatic heterocycles. The Labute approximate surface area is 123 Å². The van der Waals surface area contributed by atoms with Crippen LogP contribution in [0.15, 0.2) is 47.4 Å². The van der Waals surface area contributed by atoms with Crippen LogP contribution in [0.5, 0.6) is 0 Å². The van der Waals surface area contributed by atoms with Crippen molar-refractivity contribution < 1.29 is 13.2 Å². The van der Waals surface area contributed by atoms with Gasteiger partial charge in [-0.3, -0.25) is 9.52 Å². The third kappa shape index (κ3) is 2.62. The summed E-state index contributed by atoms with van der Waals surface area (Å²) >= 11 is 0. The van der Waals surface area contributed by atoms with Crippen LogP contribution in [0.3, 0.4) is 0 Å². The van der Waals surface area contributed by atoms with Gasteiger partial charge in [-0.25, -0.2) is 8.42 Å². The Hall–Kier alpha value is -2.34. The van der Waals surface area contributed by atoms with Crippen LogP contribution in [0, 0.1) is 6.92 Å². The lowest BCUT2D eigenvalue weighted by Crippen LogP contribution is -2.13. The maximum atomic E-state index is 12.4. The highest BCUT2D eigenvalue weighted by Gasteiger charge is 2.22. The number of aryl methyl sites for hydroxylation is 1. The monoisotopic (exact) mass is 302 g/mol. The van der Waals surface area contributed by atoms with E-state index in [1.54, 1.807) is 18.2 Å². The highest BCUT2D eigenvalue weighted by Crippen LogP contribution is 2.27. The van der Waals surface area contributed by atoms with Gasteiger partial charge in [0.15, 0.2) is 0 Å². The molecule has 0 saturated carbocycles. The van der Waals surface area contributed by atoms with E-state index in [4.69, 9.17) is 0 Å². The zero-order chi connectivity index (χ0) is 15.0. The number of carbonyl (C=O) groups is 1. The topological polar surface area (TPSA) is 75.3 Å². The molecular formula is C15H14N2O3S. The van der Waals surface area contributed by atoms with Crippen molar-refractivity contribution in [2.45, 2.75) is 18.2 Å². The van der Waals surface area contributed by atoms with Crippen molar-refractivity contribution in [3.8, 4) is 0 Å². The van der Waals surface area contributed by atoms with Crippen molar-refractivity contribution in [1.29, 1.82) is 0 Å². The van der Waals surface area contributed by atoms with E-state index in [9.17, 15) is 13.2 Å². The number of rotatable bonds is 3. The third-order valence-corrected chi connectivity index (χ3v) is 4.76. The lowest BCUT2D eigenvalue weighted by molar-refractivity contribution is -0.115. The van der Waals surface area contributed by atoms with Crippen LogP contribution in [0.1, 0.15) is 11.1 Å². The molecule has 1 aliphatic rings. The van der Waals surface area contributed by atoms with Crippen LogP contribution in [-0.4, -0.2) is 14.3 Å². The summed E-state index contributed by atoms with van der Waals surface area (Å²) in [6.45, 7) is 1.84. The smallest absolute Gasteiger partial charge is 0.261 e. The second-order valence-electron chi connectivity index (χ2n) is 4.96. The van der Waals surface area contributed by atoms with Crippen LogP contribution in [-0.2, 0) is 21.2 Å². The van der Waals surface area contributed by atoms with Crippen LogP contribution >= 0.6 is 0 Å². The third-order valence-electron chi connectivity index (χ3n) is 3.40. The summed E-state index contributed by atoms with van der Waals surface area (Å²) in [7, 11) is -3.66. The molecule has 1 amide bonds. The van der Waals surface area contributed by atoms with E-state index in [1.807, 2.05) is 19.1 Å². The van der Waals surface area contributed by atoms with E-state index < -0.39 is 10.0 Å². The average molecular weight is 302 g/mol. The number of para-hydroxylation sites is 1. The normalized spacial score (nSPS) is 13.7. The number of sulfonamides is 1. The molecule has 0 saturated heterocycles. The van der Waals surface area contributed by atoms with Gasteiger partial charge in [-0.2, -0.15) is 0 Å². The van der Waals surface area contributed by atoms with Gasteiger partial charge in [0.25, 0.3) is 10.0 Å². The van der Waals surface area contributed by atoms with Gasteiger partial charge in [-0.1, -0.05) is 18.2 Å². The number of benzene rings is 2. The largest absolute Gasteiger partial charge is 0.326 e. The van der Waals surface area contributed by atoms with Gasteiger partial charge in [0.1, 0.15) is 0 Å².